The van der Waals surface area contributed by atoms with Crippen molar-refractivity contribution in [3.8, 4) is 0 Å². The monoisotopic (exact) mass is 320 g/mol. The predicted octanol–water partition coefficient (Wildman–Crippen LogP) is 2.08. The molecule has 0 radical (unpaired) electrons. The van der Waals surface area contributed by atoms with Gasteiger partial charge in [0.1, 0.15) is 5.76 Å². The second kappa shape index (κ2) is 5.65. The number of fused-ring (bicyclic) bond motifs is 1. The number of aryl methyl sites for hydroxylation is 1. The van der Waals surface area contributed by atoms with Gasteiger partial charge in [0, 0.05) is 31.3 Å². The molecule has 1 saturated heterocycles. The van der Waals surface area contributed by atoms with Gasteiger partial charge in [-0.2, -0.15) is 0 Å². The van der Waals surface area contributed by atoms with Crippen molar-refractivity contribution >= 4 is 11.9 Å². The molecule has 23 heavy (non-hydrogen) atoms. The van der Waals surface area contributed by atoms with E-state index in [1.807, 2.05) is 0 Å². The third-order valence-corrected chi connectivity index (χ3v) is 4.98. The van der Waals surface area contributed by atoms with E-state index in [2.05, 4.69) is 25.8 Å². The van der Waals surface area contributed by atoms with Crippen molar-refractivity contribution in [1.29, 1.82) is 0 Å². The Hall–Kier alpha value is -1.85. The van der Waals surface area contributed by atoms with Gasteiger partial charge in [-0.1, -0.05) is 20.8 Å². The maximum atomic E-state index is 12.3. The third-order valence-electron chi connectivity index (χ3n) is 4.98. The standard InChI is InChI=1S/C17H24N2O4/c1-17(2,3)12-8-18-13(23-12)4-5-14(20)19-7-6-10-11(9-19)15(10)16(21)22/h8,10-11,15H,4-7,9H2,1-3H3,(H,21,22)/t10-,11+,15-/m0/s1. The number of aliphatic carboxylic acids is 1. The number of hydrogen-bond donors (Lipinski definition) is 1. The number of rotatable bonds is 4. The summed E-state index contributed by atoms with van der Waals surface area (Å²) in [5.74, 6) is 0.945. The van der Waals surface area contributed by atoms with E-state index >= 15 is 0 Å². The first kappa shape index (κ1) is 16.0. The van der Waals surface area contributed by atoms with Crippen molar-refractivity contribution in [1.82, 2.24) is 9.88 Å². The Morgan fingerprint density at radius 1 is 1.39 bits per heavy atom. The maximum absolute atomic E-state index is 12.3. The molecule has 3 atom stereocenters. The van der Waals surface area contributed by atoms with Crippen molar-refractivity contribution in [3.63, 3.8) is 0 Å². The zero-order chi connectivity index (χ0) is 16.8. The average Bonchev–Trinajstić information content (AvgIpc) is 2.99. The van der Waals surface area contributed by atoms with E-state index < -0.39 is 5.97 Å². The minimum Gasteiger partial charge on any atom is -0.481 e. The molecular weight excluding hydrogens is 296 g/mol. The lowest BCUT2D eigenvalue weighted by Gasteiger charge is -2.26. The van der Waals surface area contributed by atoms with Crippen molar-refractivity contribution in [2.24, 2.45) is 17.8 Å². The Balaban J connectivity index is 1.50. The molecule has 2 fully saturated rings. The quantitative estimate of drug-likeness (QED) is 0.918. The highest BCUT2D eigenvalue weighted by Crippen LogP contribution is 2.51. The van der Waals surface area contributed by atoms with Gasteiger partial charge in [0.15, 0.2) is 5.89 Å². The molecule has 2 aliphatic rings. The Morgan fingerprint density at radius 2 is 2.13 bits per heavy atom. The number of piperidine rings is 1. The molecule has 126 valence electrons. The summed E-state index contributed by atoms with van der Waals surface area (Å²) in [7, 11) is 0. The summed E-state index contributed by atoms with van der Waals surface area (Å²) in [6, 6.07) is 0. The summed E-state index contributed by atoms with van der Waals surface area (Å²) in [4.78, 5) is 29.4. The van der Waals surface area contributed by atoms with Gasteiger partial charge in [-0.15, -0.1) is 0 Å². The van der Waals surface area contributed by atoms with Crippen LogP contribution < -0.4 is 0 Å². The molecule has 1 saturated carbocycles. The second-order valence-corrected chi connectivity index (χ2v) is 7.69. The van der Waals surface area contributed by atoms with E-state index in [9.17, 15) is 9.59 Å². The topological polar surface area (TPSA) is 83.6 Å². The molecule has 0 unspecified atom stereocenters. The molecule has 6 heteroatoms. The summed E-state index contributed by atoms with van der Waals surface area (Å²) in [6.45, 7) is 7.42. The van der Waals surface area contributed by atoms with Gasteiger partial charge in [-0.05, 0) is 18.3 Å². The first-order valence-corrected chi connectivity index (χ1v) is 8.23. The van der Waals surface area contributed by atoms with Gasteiger partial charge < -0.3 is 14.4 Å². The fourth-order valence-electron chi connectivity index (χ4n) is 3.48. The number of amides is 1. The van der Waals surface area contributed by atoms with Gasteiger partial charge in [0.2, 0.25) is 5.91 Å². The normalized spacial score (nSPS) is 26.7. The van der Waals surface area contributed by atoms with E-state index in [-0.39, 0.29) is 29.1 Å². The molecule has 0 bridgehead atoms. The van der Waals surface area contributed by atoms with Crippen LogP contribution in [0, 0.1) is 17.8 Å². The summed E-state index contributed by atoms with van der Waals surface area (Å²) < 4.78 is 5.70. The van der Waals surface area contributed by atoms with Crippen molar-refractivity contribution in [3.05, 3.63) is 17.8 Å². The third kappa shape index (κ3) is 3.26. The number of carbonyl (C=O) groups excluding carboxylic acids is 1. The summed E-state index contributed by atoms with van der Waals surface area (Å²) in [6.07, 6.45) is 3.38. The number of oxazole rings is 1. The highest BCUT2D eigenvalue weighted by Gasteiger charge is 2.57. The molecule has 6 nitrogen and oxygen atoms in total. The smallest absolute Gasteiger partial charge is 0.307 e. The number of aromatic nitrogens is 1. The molecule has 3 rings (SSSR count). The zero-order valence-corrected chi connectivity index (χ0v) is 13.9. The first-order chi connectivity index (χ1) is 10.8. The van der Waals surface area contributed by atoms with Crippen LogP contribution in [-0.2, 0) is 21.4 Å². The lowest BCUT2D eigenvalue weighted by atomic mass is 9.94. The molecule has 1 amide bonds. The lowest BCUT2D eigenvalue weighted by molar-refractivity contribution is -0.139. The molecule has 0 spiro atoms. The Bertz CT molecular complexity index is 616. The maximum Gasteiger partial charge on any atom is 0.307 e. The second-order valence-electron chi connectivity index (χ2n) is 7.69. The van der Waals surface area contributed by atoms with E-state index in [0.717, 1.165) is 12.2 Å². The van der Waals surface area contributed by atoms with Crippen LogP contribution in [-0.4, -0.2) is 40.0 Å². The van der Waals surface area contributed by atoms with Crippen molar-refractivity contribution < 1.29 is 19.1 Å². The van der Waals surface area contributed by atoms with Gasteiger partial charge >= 0.3 is 5.97 Å². The van der Waals surface area contributed by atoms with Crippen LogP contribution in [0.3, 0.4) is 0 Å². The van der Waals surface area contributed by atoms with Crippen LogP contribution in [0.2, 0.25) is 0 Å². The van der Waals surface area contributed by atoms with Crippen LogP contribution in [0.4, 0.5) is 0 Å². The minimum atomic E-state index is -0.719. The highest BCUT2D eigenvalue weighted by molar-refractivity contribution is 5.78. The van der Waals surface area contributed by atoms with Crippen LogP contribution in [0.15, 0.2) is 10.6 Å². The van der Waals surface area contributed by atoms with Gasteiger partial charge in [0.05, 0.1) is 12.1 Å². The summed E-state index contributed by atoms with van der Waals surface area (Å²) >= 11 is 0. The zero-order valence-electron chi connectivity index (χ0n) is 13.9. The van der Waals surface area contributed by atoms with Gasteiger partial charge in [0.25, 0.3) is 0 Å². The summed E-state index contributed by atoms with van der Waals surface area (Å²) in [5.41, 5.74) is -0.0883. The molecule has 1 N–H and O–H groups in total. The van der Waals surface area contributed by atoms with Crippen molar-refractivity contribution in [2.75, 3.05) is 13.1 Å². The number of likely N-dealkylation sites (tertiary alicyclic amines) is 1. The van der Waals surface area contributed by atoms with Crippen LogP contribution >= 0.6 is 0 Å². The van der Waals surface area contributed by atoms with Crippen LogP contribution in [0.5, 0.6) is 0 Å². The van der Waals surface area contributed by atoms with E-state index in [0.29, 0.717) is 31.8 Å². The first-order valence-electron chi connectivity index (χ1n) is 8.23. The SMILES string of the molecule is CC(C)(C)c1cnc(CCC(=O)N2CC[C@H]3[C@@H](C2)[C@H]3C(=O)O)o1. The fourth-order valence-corrected chi connectivity index (χ4v) is 3.48. The Kier molecular flexibility index (Phi) is 3.94. The largest absolute Gasteiger partial charge is 0.481 e. The van der Waals surface area contributed by atoms with E-state index in [1.165, 1.54) is 0 Å². The van der Waals surface area contributed by atoms with E-state index in [1.54, 1.807) is 11.1 Å². The number of carbonyl (C=O) groups is 2. The average molecular weight is 320 g/mol. The molecule has 0 aromatic carbocycles. The van der Waals surface area contributed by atoms with Crippen LogP contribution in [0.1, 0.15) is 45.3 Å². The fraction of sp³-hybridized carbons (Fsp3) is 0.706. The lowest BCUT2D eigenvalue weighted by Crippen LogP contribution is -2.37. The van der Waals surface area contributed by atoms with Gasteiger partial charge in [-0.3, -0.25) is 9.59 Å². The molecular formula is C17H24N2O4. The molecule has 1 aromatic heterocycles. The molecule has 1 aliphatic heterocycles. The molecule has 1 aliphatic carbocycles. The molecule has 2 heterocycles. The molecule has 1 aromatic rings. The number of carboxylic acid groups (broad SMARTS) is 1. The van der Waals surface area contributed by atoms with Gasteiger partial charge in [-0.25, -0.2) is 4.98 Å². The Labute approximate surface area is 135 Å². The number of nitrogens with zero attached hydrogens (tertiary/aromatic N) is 2. The predicted molar refractivity (Wildman–Crippen MR) is 82.8 cm³/mol. The summed E-state index contributed by atoms with van der Waals surface area (Å²) in [5, 5.41) is 9.10. The van der Waals surface area contributed by atoms with Crippen LogP contribution in [0.25, 0.3) is 0 Å². The number of carboxylic acids is 1. The number of hydrogen-bond acceptors (Lipinski definition) is 4. The Morgan fingerprint density at radius 3 is 2.74 bits per heavy atom. The minimum absolute atomic E-state index is 0.0648. The highest BCUT2D eigenvalue weighted by atomic mass is 16.4. The van der Waals surface area contributed by atoms with E-state index in [4.69, 9.17) is 9.52 Å². The van der Waals surface area contributed by atoms with Crippen molar-refractivity contribution in [2.45, 2.75) is 45.4 Å².